The van der Waals surface area contributed by atoms with Gasteiger partial charge in [-0.2, -0.15) is 0 Å². The molecule has 0 heterocycles. The number of hydrogen-bond donors (Lipinski definition) is 0. The number of benzene rings is 1. The third-order valence-electron chi connectivity index (χ3n) is 2.89. The van der Waals surface area contributed by atoms with Crippen LogP contribution < -0.4 is 0 Å². The summed E-state index contributed by atoms with van der Waals surface area (Å²) in [4.78, 5) is 0.235. The SMILES string of the molecule is CC(C)CCN(C)S(=O)(=O)c1ccc(Cl)c(CCl)c1. The van der Waals surface area contributed by atoms with Crippen LogP contribution in [0.1, 0.15) is 25.8 Å². The predicted octanol–water partition coefficient (Wildman–Crippen LogP) is 3.75. The van der Waals surface area contributed by atoms with E-state index in [-0.39, 0.29) is 10.8 Å². The van der Waals surface area contributed by atoms with Crippen LogP contribution in [0.15, 0.2) is 23.1 Å². The van der Waals surface area contributed by atoms with Gasteiger partial charge in [0.05, 0.1) is 4.90 Å². The topological polar surface area (TPSA) is 37.4 Å². The molecule has 19 heavy (non-hydrogen) atoms. The Bertz CT molecular complexity index is 529. The van der Waals surface area contributed by atoms with Crippen molar-refractivity contribution in [1.82, 2.24) is 4.31 Å². The summed E-state index contributed by atoms with van der Waals surface area (Å²) in [5.74, 6) is 0.652. The van der Waals surface area contributed by atoms with E-state index in [0.717, 1.165) is 6.42 Å². The second-order valence-electron chi connectivity index (χ2n) is 4.90. The molecule has 108 valence electrons. The van der Waals surface area contributed by atoms with E-state index in [2.05, 4.69) is 13.8 Å². The first-order chi connectivity index (χ1) is 8.78. The zero-order chi connectivity index (χ0) is 14.6. The molecule has 0 aliphatic rings. The van der Waals surface area contributed by atoms with E-state index >= 15 is 0 Å². The lowest BCUT2D eigenvalue weighted by molar-refractivity contribution is 0.428. The monoisotopic (exact) mass is 323 g/mol. The van der Waals surface area contributed by atoms with Gasteiger partial charge in [-0.25, -0.2) is 12.7 Å². The number of hydrogen-bond acceptors (Lipinski definition) is 2. The summed E-state index contributed by atoms with van der Waals surface area (Å²) in [6, 6.07) is 4.62. The predicted molar refractivity (Wildman–Crippen MR) is 80.3 cm³/mol. The maximum atomic E-state index is 12.4. The second kappa shape index (κ2) is 6.93. The summed E-state index contributed by atoms with van der Waals surface area (Å²) in [6.45, 7) is 4.63. The summed E-state index contributed by atoms with van der Waals surface area (Å²) >= 11 is 11.7. The smallest absolute Gasteiger partial charge is 0.207 e. The van der Waals surface area contributed by atoms with Crippen LogP contribution >= 0.6 is 23.2 Å². The molecule has 0 aliphatic heterocycles. The Morgan fingerprint density at radius 2 is 1.95 bits per heavy atom. The lowest BCUT2D eigenvalue weighted by Crippen LogP contribution is -2.28. The van der Waals surface area contributed by atoms with Gasteiger partial charge in [-0.05, 0) is 36.1 Å². The average molecular weight is 324 g/mol. The molecule has 0 aliphatic carbocycles. The van der Waals surface area contributed by atoms with Crippen molar-refractivity contribution in [1.29, 1.82) is 0 Å². The van der Waals surface area contributed by atoms with Crippen molar-refractivity contribution in [2.24, 2.45) is 5.92 Å². The van der Waals surface area contributed by atoms with Crippen molar-refractivity contribution in [3.63, 3.8) is 0 Å². The van der Waals surface area contributed by atoms with Crippen LogP contribution in [-0.4, -0.2) is 26.3 Å². The van der Waals surface area contributed by atoms with Crippen molar-refractivity contribution in [2.45, 2.75) is 31.0 Å². The largest absolute Gasteiger partial charge is 0.242 e. The first-order valence-corrected chi connectivity index (χ1v) is 8.45. The fourth-order valence-corrected chi connectivity index (χ4v) is 3.26. The molecule has 0 saturated carbocycles. The van der Waals surface area contributed by atoms with Crippen molar-refractivity contribution in [2.75, 3.05) is 13.6 Å². The Morgan fingerprint density at radius 1 is 1.32 bits per heavy atom. The Morgan fingerprint density at radius 3 is 2.47 bits per heavy atom. The van der Waals surface area contributed by atoms with Gasteiger partial charge in [0.1, 0.15) is 0 Å². The van der Waals surface area contributed by atoms with E-state index in [1.807, 2.05) is 0 Å². The van der Waals surface area contributed by atoms with Crippen LogP contribution in [0, 0.1) is 5.92 Å². The zero-order valence-electron chi connectivity index (χ0n) is 11.4. The van der Waals surface area contributed by atoms with E-state index in [1.165, 1.54) is 16.4 Å². The molecule has 3 nitrogen and oxygen atoms in total. The van der Waals surface area contributed by atoms with E-state index in [0.29, 0.717) is 23.0 Å². The molecule has 0 saturated heterocycles. The third kappa shape index (κ3) is 4.35. The Hall–Kier alpha value is -0.290. The highest BCUT2D eigenvalue weighted by molar-refractivity contribution is 7.89. The van der Waals surface area contributed by atoms with Crippen LogP contribution in [0.2, 0.25) is 5.02 Å². The van der Waals surface area contributed by atoms with Gasteiger partial charge in [0.2, 0.25) is 10.0 Å². The minimum absolute atomic E-state index is 0.192. The fourth-order valence-electron chi connectivity index (χ4n) is 1.55. The molecule has 0 N–H and O–H groups in total. The van der Waals surface area contributed by atoms with E-state index in [4.69, 9.17) is 23.2 Å². The molecule has 0 aromatic heterocycles. The molecule has 0 fully saturated rings. The average Bonchev–Trinajstić information content (AvgIpc) is 2.35. The minimum Gasteiger partial charge on any atom is -0.207 e. The van der Waals surface area contributed by atoms with Crippen LogP contribution in [0.3, 0.4) is 0 Å². The number of rotatable bonds is 6. The molecule has 1 aromatic carbocycles. The molecule has 6 heteroatoms. The minimum atomic E-state index is -3.47. The Balaban J connectivity index is 2.99. The summed E-state index contributed by atoms with van der Waals surface area (Å²) in [5, 5.41) is 0.485. The summed E-state index contributed by atoms with van der Waals surface area (Å²) in [5.41, 5.74) is 0.627. The standard InChI is InChI=1S/C13H19Cl2NO2S/c1-10(2)6-7-16(3)19(17,18)12-4-5-13(15)11(8-12)9-14/h4-5,8,10H,6-7,9H2,1-3H3. The number of alkyl halides is 1. The van der Waals surface area contributed by atoms with E-state index in [1.54, 1.807) is 13.1 Å². The molecular weight excluding hydrogens is 305 g/mol. The Kier molecular flexibility index (Phi) is 6.12. The molecule has 0 amide bonds. The fraction of sp³-hybridized carbons (Fsp3) is 0.538. The number of sulfonamides is 1. The van der Waals surface area contributed by atoms with Gasteiger partial charge in [-0.15, -0.1) is 11.6 Å². The molecule has 0 atom stereocenters. The van der Waals surface area contributed by atoms with Crippen molar-refractivity contribution in [3.05, 3.63) is 28.8 Å². The second-order valence-corrected chi connectivity index (χ2v) is 7.62. The molecular formula is C13H19Cl2NO2S. The maximum absolute atomic E-state index is 12.4. The number of halogens is 2. The summed E-state index contributed by atoms with van der Waals surface area (Å²) in [7, 11) is -1.88. The van der Waals surface area contributed by atoms with Crippen LogP contribution in [0.5, 0.6) is 0 Å². The number of nitrogens with zero attached hydrogens (tertiary/aromatic N) is 1. The lowest BCUT2D eigenvalue weighted by Gasteiger charge is -2.18. The van der Waals surface area contributed by atoms with Gasteiger partial charge in [-0.1, -0.05) is 25.4 Å². The maximum Gasteiger partial charge on any atom is 0.242 e. The van der Waals surface area contributed by atoms with Gasteiger partial charge >= 0.3 is 0 Å². The highest BCUT2D eigenvalue weighted by Gasteiger charge is 2.21. The molecule has 0 bridgehead atoms. The normalized spacial score (nSPS) is 12.4. The molecule has 1 aromatic rings. The molecule has 0 unspecified atom stereocenters. The highest BCUT2D eigenvalue weighted by atomic mass is 35.5. The summed E-state index contributed by atoms with van der Waals surface area (Å²) < 4.78 is 26.1. The first-order valence-electron chi connectivity index (χ1n) is 6.09. The molecule has 0 spiro atoms. The van der Waals surface area contributed by atoms with Crippen molar-refractivity contribution >= 4 is 33.2 Å². The Labute approximate surface area is 125 Å². The summed E-state index contributed by atoms with van der Waals surface area (Å²) in [6.07, 6.45) is 0.825. The quantitative estimate of drug-likeness (QED) is 0.748. The molecule has 0 radical (unpaired) electrons. The highest BCUT2D eigenvalue weighted by Crippen LogP contribution is 2.24. The zero-order valence-corrected chi connectivity index (χ0v) is 13.7. The first kappa shape index (κ1) is 16.8. The third-order valence-corrected chi connectivity index (χ3v) is 5.40. The van der Waals surface area contributed by atoms with Gasteiger partial charge in [0.25, 0.3) is 0 Å². The lowest BCUT2D eigenvalue weighted by atomic mass is 10.1. The van der Waals surface area contributed by atoms with Gasteiger partial charge < -0.3 is 0 Å². The van der Waals surface area contributed by atoms with Crippen molar-refractivity contribution < 1.29 is 8.42 Å². The van der Waals surface area contributed by atoms with Crippen LogP contribution in [0.25, 0.3) is 0 Å². The van der Waals surface area contributed by atoms with Crippen LogP contribution in [0.4, 0.5) is 0 Å². The van der Waals surface area contributed by atoms with Crippen molar-refractivity contribution in [3.8, 4) is 0 Å². The van der Waals surface area contributed by atoms with Gasteiger partial charge in [-0.3, -0.25) is 0 Å². The van der Waals surface area contributed by atoms with Gasteiger partial charge in [0, 0.05) is 24.5 Å². The van der Waals surface area contributed by atoms with E-state index in [9.17, 15) is 8.42 Å². The molecule has 1 rings (SSSR count). The van der Waals surface area contributed by atoms with E-state index < -0.39 is 10.0 Å². The van der Waals surface area contributed by atoms with Crippen LogP contribution in [-0.2, 0) is 15.9 Å². The van der Waals surface area contributed by atoms with Gasteiger partial charge in [0.15, 0.2) is 0 Å².